The zero-order chi connectivity index (χ0) is 18.4. The highest BCUT2D eigenvalue weighted by Gasteiger charge is 2.36. The molecule has 0 radical (unpaired) electrons. The Kier molecular flexibility index (Phi) is 3.97. The average molecular weight is 380 g/mol. The zero-order valence-corrected chi connectivity index (χ0v) is 15.6. The van der Waals surface area contributed by atoms with Crippen molar-refractivity contribution in [3.63, 3.8) is 0 Å². The molecule has 6 nitrogen and oxygen atoms in total. The minimum absolute atomic E-state index is 0.0713. The third-order valence-corrected chi connectivity index (χ3v) is 6.43. The van der Waals surface area contributed by atoms with Crippen molar-refractivity contribution in [1.82, 2.24) is 19.0 Å². The van der Waals surface area contributed by atoms with Crippen molar-refractivity contribution in [2.24, 2.45) is 5.92 Å². The maximum absolute atomic E-state index is 12.9. The molecule has 0 spiro atoms. The van der Waals surface area contributed by atoms with Crippen LogP contribution < -0.4 is 5.56 Å². The van der Waals surface area contributed by atoms with Gasteiger partial charge in [0.2, 0.25) is 5.91 Å². The van der Waals surface area contributed by atoms with E-state index < -0.39 is 0 Å². The van der Waals surface area contributed by atoms with Crippen molar-refractivity contribution in [2.45, 2.75) is 25.3 Å². The number of thiazole rings is 1. The molecule has 5 rings (SSSR count). The summed E-state index contributed by atoms with van der Waals surface area (Å²) in [6, 6.07) is 9.40. The number of carbonyl (C=O) groups is 1. The first-order chi connectivity index (χ1) is 13.2. The van der Waals surface area contributed by atoms with E-state index in [0.29, 0.717) is 25.4 Å². The maximum atomic E-state index is 12.9. The van der Waals surface area contributed by atoms with Crippen LogP contribution in [0.3, 0.4) is 0 Å². The fourth-order valence-electron chi connectivity index (χ4n) is 4.32. The van der Waals surface area contributed by atoms with Gasteiger partial charge in [0.25, 0.3) is 5.56 Å². The third kappa shape index (κ3) is 3.02. The van der Waals surface area contributed by atoms with Crippen LogP contribution in [0.15, 0.2) is 52.9 Å². The lowest BCUT2D eigenvalue weighted by Gasteiger charge is -2.42. The standard InChI is InChI=1S/C20H20N4O2S/c25-18-5-3-4-17-15-8-14(11-24(17)18)10-23(12-15)19(26)9-16-13-27-20(21-16)22-6-1-2-7-22/h1-7,13-15H,8-12H2/t14-,15+/m1/s1. The molecule has 1 amide bonds. The Morgan fingerprint density at radius 2 is 2.00 bits per heavy atom. The first-order valence-corrected chi connectivity index (χ1v) is 10.1. The van der Waals surface area contributed by atoms with Crippen LogP contribution in [-0.4, -0.2) is 38.0 Å². The van der Waals surface area contributed by atoms with E-state index in [4.69, 9.17) is 0 Å². The van der Waals surface area contributed by atoms with Crippen molar-refractivity contribution in [1.29, 1.82) is 0 Å². The maximum Gasteiger partial charge on any atom is 0.250 e. The fourth-order valence-corrected chi connectivity index (χ4v) is 5.12. The summed E-state index contributed by atoms with van der Waals surface area (Å²) in [6.45, 7) is 2.13. The minimum atomic E-state index is 0.0713. The number of piperidine rings is 1. The van der Waals surface area contributed by atoms with Crippen LogP contribution in [0.4, 0.5) is 0 Å². The van der Waals surface area contributed by atoms with Gasteiger partial charge >= 0.3 is 0 Å². The number of aromatic nitrogens is 3. The first-order valence-electron chi connectivity index (χ1n) is 9.22. The van der Waals surface area contributed by atoms with Gasteiger partial charge in [0.05, 0.1) is 12.1 Å². The van der Waals surface area contributed by atoms with Crippen molar-refractivity contribution < 1.29 is 4.79 Å². The number of carbonyl (C=O) groups excluding carboxylic acids is 1. The zero-order valence-electron chi connectivity index (χ0n) is 14.8. The molecule has 0 saturated carbocycles. The van der Waals surface area contributed by atoms with Crippen LogP contribution in [-0.2, 0) is 17.8 Å². The van der Waals surface area contributed by atoms with Crippen LogP contribution in [0.2, 0.25) is 0 Å². The van der Waals surface area contributed by atoms with E-state index >= 15 is 0 Å². The highest BCUT2D eigenvalue weighted by Crippen LogP contribution is 2.35. The molecule has 2 aliphatic rings. The summed E-state index contributed by atoms with van der Waals surface area (Å²) in [6.07, 6.45) is 5.30. The molecule has 5 heterocycles. The second-order valence-corrected chi connectivity index (χ2v) is 8.22. The Labute approximate surface area is 160 Å². The topological polar surface area (TPSA) is 60.1 Å². The molecule has 138 valence electrons. The molecule has 7 heteroatoms. The SMILES string of the molecule is O=C(Cc1csc(-n2cccc2)n1)N1C[C@H]2C[C@@H](C1)c1cccc(=O)n1C2. The first kappa shape index (κ1) is 16.5. The minimum Gasteiger partial charge on any atom is -0.341 e. The van der Waals surface area contributed by atoms with Crippen LogP contribution in [0.25, 0.3) is 5.13 Å². The number of hydrogen-bond donors (Lipinski definition) is 0. The van der Waals surface area contributed by atoms with Gasteiger partial charge in [0.1, 0.15) is 0 Å². The van der Waals surface area contributed by atoms with Crippen molar-refractivity contribution in [3.8, 4) is 5.13 Å². The number of pyridine rings is 1. The van der Waals surface area contributed by atoms with Gasteiger partial charge in [0, 0.05) is 55.1 Å². The van der Waals surface area contributed by atoms with Crippen molar-refractivity contribution >= 4 is 17.2 Å². The summed E-state index contributed by atoms with van der Waals surface area (Å²) in [5, 5.41) is 2.85. The number of nitrogens with zero attached hydrogens (tertiary/aromatic N) is 4. The summed E-state index contributed by atoms with van der Waals surface area (Å²) in [5.74, 6) is 0.730. The molecule has 0 unspecified atom stereocenters. The van der Waals surface area contributed by atoms with Crippen LogP contribution >= 0.6 is 11.3 Å². The van der Waals surface area contributed by atoms with Crippen LogP contribution in [0.1, 0.15) is 23.7 Å². The number of rotatable bonds is 3. The predicted molar refractivity (Wildman–Crippen MR) is 103 cm³/mol. The molecule has 1 fully saturated rings. The second kappa shape index (κ2) is 6.49. The molecule has 2 aliphatic heterocycles. The van der Waals surface area contributed by atoms with E-state index in [1.54, 1.807) is 17.4 Å². The normalized spacial score (nSPS) is 21.1. The molecule has 3 aromatic heterocycles. The van der Waals surface area contributed by atoms with Gasteiger partial charge in [-0.25, -0.2) is 4.98 Å². The summed E-state index contributed by atoms with van der Waals surface area (Å²) < 4.78 is 3.85. The third-order valence-electron chi connectivity index (χ3n) is 5.53. The average Bonchev–Trinajstić information content (AvgIpc) is 3.34. The molecule has 2 atom stereocenters. The summed E-state index contributed by atoms with van der Waals surface area (Å²) in [4.78, 5) is 31.6. The number of fused-ring (bicyclic) bond motifs is 4. The molecule has 0 aliphatic carbocycles. The lowest BCUT2D eigenvalue weighted by molar-refractivity contribution is -0.133. The number of hydrogen-bond acceptors (Lipinski definition) is 4. The Balaban J connectivity index is 1.32. The van der Waals surface area contributed by atoms with E-state index in [1.165, 1.54) is 0 Å². The molecule has 0 N–H and O–H groups in total. The van der Waals surface area contributed by atoms with Gasteiger partial charge in [-0.2, -0.15) is 0 Å². The largest absolute Gasteiger partial charge is 0.341 e. The molecule has 3 aromatic rings. The smallest absolute Gasteiger partial charge is 0.250 e. The Morgan fingerprint density at radius 1 is 1.15 bits per heavy atom. The van der Waals surface area contributed by atoms with E-state index in [2.05, 4.69) is 4.98 Å². The van der Waals surface area contributed by atoms with Crippen LogP contribution in [0.5, 0.6) is 0 Å². The Morgan fingerprint density at radius 3 is 2.85 bits per heavy atom. The predicted octanol–water partition coefficient (Wildman–Crippen LogP) is 2.28. The lowest BCUT2D eigenvalue weighted by atomic mass is 9.83. The highest BCUT2D eigenvalue weighted by molar-refractivity contribution is 7.12. The van der Waals surface area contributed by atoms with Crippen molar-refractivity contribution in [3.05, 3.63) is 69.8 Å². The monoisotopic (exact) mass is 380 g/mol. The quantitative estimate of drug-likeness (QED) is 0.700. The lowest BCUT2D eigenvalue weighted by Crippen LogP contribution is -2.49. The number of likely N-dealkylation sites (tertiary alicyclic amines) is 1. The van der Waals surface area contributed by atoms with Gasteiger partial charge in [0.15, 0.2) is 5.13 Å². The summed E-state index contributed by atoms with van der Waals surface area (Å²) in [5.41, 5.74) is 1.96. The molecule has 2 bridgehead atoms. The number of amides is 1. The molecule has 27 heavy (non-hydrogen) atoms. The molecule has 1 saturated heterocycles. The van der Waals surface area contributed by atoms with Gasteiger partial charge in [-0.3, -0.25) is 9.59 Å². The van der Waals surface area contributed by atoms with Gasteiger partial charge in [-0.05, 0) is 30.5 Å². The highest BCUT2D eigenvalue weighted by atomic mass is 32.1. The van der Waals surface area contributed by atoms with Crippen LogP contribution in [0, 0.1) is 5.92 Å². The van der Waals surface area contributed by atoms with E-state index in [0.717, 1.165) is 29.5 Å². The Bertz CT molecular complexity index is 1040. The Hall–Kier alpha value is -2.67. The summed E-state index contributed by atoms with van der Waals surface area (Å²) in [7, 11) is 0. The molecular weight excluding hydrogens is 360 g/mol. The van der Waals surface area contributed by atoms with E-state index in [1.807, 2.05) is 56.1 Å². The van der Waals surface area contributed by atoms with Gasteiger partial charge < -0.3 is 14.0 Å². The van der Waals surface area contributed by atoms with Gasteiger partial charge in [-0.1, -0.05) is 6.07 Å². The van der Waals surface area contributed by atoms with Crippen molar-refractivity contribution in [2.75, 3.05) is 13.1 Å². The van der Waals surface area contributed by atoms with E-state index in [9.17, 15) is 9.59 Å². The second-order valence-electron chi connectivity index (χ2n) is 7.39. The molecule has 0 aromatic carbocycles. The fraction of sp³-hybridized carbons (Fsp3) is 0.350. The molecular formula is C20H20N4O2S. The summed E-state index contributed by atoms with van der Waals surface area (Å²) >= 11 is 1.55. The van der Waals surface area contributed by atoms with Gasteiger partial charge in [-0.15, -0.1) is 11.3 Å². The van der Waals surface area contributed by atoms with E-state index in [-0.39, 0.29) is 17.4 Å².